The standard InChI is InChI=1S/C27H31N5O/c1-19(2)27-29-28-24(33-27)17-10-5-7-12-21-13-11-16-23(18-21)26-25(22-14-8-6-9-15-22)30-32(31-26)20(3)4/h6-9,11-16,18-20H,5,10,17H2,1-4H3. The molecule has 6 nitrogen and oxygen atoms in total. The van der Waals surface area contributed by atoms with Gasteiger partial charge in [-0.15, -0.1) is 10.2 Å². The van der Waals surface area contributed by atoms with Gasteiger partial charge in [0.25, 0.3) is 0 Å². The Morgan fingerprint density at radius 2 is 1.61 bits per heavy atom. The number of aromatic nitrogens is 5. The summed E-state index contributed by atoms with van der Waals surface area (Å²) in [6.07, 6.45) is 7.07. The van der Waals surface area contributed by atoms with Gasteiger partial charge in [0.2, 0.25) is 11.8 Å². The molecular weight excluding hydrogens is 410 g/mol. The molecule has 33 heavy (non-hydrogen) atoms. The molecule has 4 aromatic rings. The highest BCUT2D eigenvalue weighted by Gasteiger charge is 2.16. The van der Waals surface area contributed by atoms with E-state index in [9.17, 15) is 0 Å². The van der Waals surface area contributed by atoms with Crippen molar-refractivity contribution in [3.8, 4) is 22.5 Å². The molecule has 0 aliphatic heterocycles. The Morgan fingerprint density at radius 1 is 0.879 bits per heavy atom. The van der Waals surface area contributed by atoms with Gasteiger partial charge in [-0.05, 0) is 38.3 Å². The topological polar surface area (TPSA) is 69.6 Å². The molecule has 0 saturated heterocycles. The van der Waals surface area contributed by atoms with Gasteiger partial charge >= 0.3 is 0 Å². The Morgan fingerprint density at radius 3 is 2.30 bits per heavy atom. The monoisotopic (exact) mass is 441 g/mol. The Hall–Kier alpha value is -3.54. The Bertz CT molecular complexity index is 1200. The normalized spacial score (nSPS) is 11.8. The van der Waals surface area contributed by atoms with Crippen LogP contribution in [-0.2, 0) is 6.42 Å². The van der Waals surface area contributed by atoms with Crippen molar-refractivity contribution in [1.82, 2.24) is 25.2 Å². The molecule has 6 heteroatoms. The molecule has 2 aromatic heterocycles. The Balaban J connectivity index is 1.46. The van der Waals surface area contributed by atoms with Gasteiger partial charge in [0.1, 0.15) is 11.4 Å². The third-order valence-electron chi connectivity index (χ3n) is 5.35. The van der Waals surface area contributed by atoms with Crippen LogP contribution in [0.1, 0.15) is 69.8 Å². The summed E-state index contributed by atoms with van der Waals surface area (Å²) in [7, 11) is 0. The van der Waals surface area contributed by atoms with Crippen molar-refractivity contribution in [3.05, 3.63) is 78.0 Å². The van der Waals surface area contributed by atoms with Crippen LogP contribution in [0.2, 0.25) is 0 Å². The zero-order valence-corrected chi connectivity index (χ0v) is 19.8. The zero-order valence-electron chi connectivity index (χ0n) is 19.8. The minimum Gasteiger partial charge on any atom is -0.425 e. The number of unbranched alkanes of at least 4 members (excludes halogenated alkanes) is 1. The maximum atomic E-state index is 5.68. The summed E-state index contributed by atoms with van der Waals surface area (Å²) >= 11 is 0. The van der Waals surface area contributed by atoms with E-state index in [2.05, 4.69) is 86.4 Å². The lowest BCUT2D eigenvalue weighted by Crippen LogP contribution is -2.04. The summed E-state index contributed by atoms with van der Waals surface area (Å²) in [5, 5.41) is 17.8. The second kappa shape index (κ2) is 10.4. The number of rotatable bonds is 9. The van der Waals surface area contributed by atoms with Crippen LogP contribution < -0.4 is 0 Å². The highest BCUT2D eigenvalue weighted by atomic mass is 16.4. The molecule has 0 saturated carbocycles. The lowest BCUT2D eigenvalue weighted by molar-refractivity contribution is 0.428. The zero-order chi connectivity index (χ0) is 23.2. The lowest BCUT2D eigenvalue weighted by Gasteiger charge is -2.03. The number of hydrogen-bond donors (Lipinski definition) is 0. The van der Waals surface area contributed by atoms with E-state index in [1.54, 1.807) is 4.80 Å². The van der Waals surface area contributed by atoms with Gasteiger partial charge in [0.15, 0.2) is 0 Å². The van der Waals surface area contributed by atoms with Crippen molar-refractivity contribution in [3.63, 3.8) is 0 Å². The molecule has 2 aromatic carbocycles. The maximum Gasteiger partial charge on any atom is 0.219 e. The number of hydrogen-bond acceptors (Lipinski definition) is 5. The first kappa shape index (κ1) is 22.6. The summed E-state index contributed by atoms with van der Waals surface area (Å²) < 4.78 is 5.68. The van der Waals surface area contributed by atoms with E-state index in [0.29, 0.717) is 5.89 Å². The smallest absolute Gasteiger partial charge is 0.219 e. The first-order chi connectivity index (χ1) is 16.0. The van der Waals surface area contributed by atoms with Crippen molar-refractivity contribution in [2.45, 2.75) is 58.9 Å². The molecule has 2 heterocycles. The molecule has 0 radical (unpaired) electrons. The minimum absolute atomic E-state index is 0.194. The predicted molar refractivity (Wildman–Crippen MR) is 132 cm³/mol. The molecule has 0 aliphatic rings. The van der Waals surface area contributed by atoms with Crippen LogP contribution in [0, 0.1) is 0 Å². The van der Waals surface area contributed by atoms with Crippen molar-refractivity contribution in [2.75, 3.05) is 0 Å². The summed E-state index contributed by atoms with van der Waals surface area (Å²) in [6.45, 7) is 8.30. The van der Waals surface area contributed by atoms with Gasteiger partial charge in [-0.25, -0.2) is 0 Å². The highest BCUT2D eigenvalue weighted by Crippen LogP contribution is 2.30. The average molecular weight is 442 g/mol. The van der Waals surface area contributed by atoms with E-state index in [0.717, 1.165) is 53.2 Å². The molecule has 0 spiro atoms. The molecule has 0 N–H and O–H groups in total. The molecule has 0 fully saturated rings. The van der Waals surface area contributed by atoms with Crippen LogP contribution in [0.4, 0.5) is 0 Å². The molecular formula is C27H31N5O. The highest BCUT2D eigenvalue weighted by molar-refractivity contribution is 5.78. The Kier molecular flexibility index (Phi) is 7.13. The molecule has 4 rings (SSSR count). The Labute approximate surface area is 195 Å². The van der Waals surface area contributed by atoms with Crippen LogP contribution in [0.25, 0.3) is 28.6 Å². The SMILES string of the molecule is CC(C)c1nnc(CCCC=Cc2cccc(-c3nn(C(C)C)nc3-c3ccccc3)c2)o1. The molecule has 170 valence electrons. The molecule has 0 atom stereocenters. The number of aryl methyl sites for hydroxylation is 1. The van der Waals surface area contributed by atoms with Crippen molar-refractivity contribution >= 4 is 6.08 Å². The van der Waals surface area contributed by atoms with Crippen molar-refractivity contribution in [2.24, 2.45) is 0 Å². The van der Waals surface area contributed by atoms with Crippen LogP contribution in [-0.4, -0.2) is 25.2 Å². The second-order valence-electron chi connectivity index (χ2n) is 8.79. The summed E-state index contributed by atoms with van der Waals surface area (Å²) in [5.41, 5.74) is 5.09. The third kappa shape index (κ3) is 5.64. The fraction of sp³-hybridized carbons (Fsp3) is 0.333. The van der Waals surface area contributed by atoms with Crippen LogP contribution >= 0.6 is 0 Å². The molecule has 0 unspecified atom stereocenters. The molecule has 0 bridgehead atoms. The fourth-order valence-corrected chi connectivity index (χ4v) is 3.52. The van der Waals surface area contributed by atoms with E-state index in [1.165, 1.54) is 0 Å². The van der Waals surface area contributed by atoms with Gasteiger partial charge in [-0.1, -0.05) is 74.5 Å². The largest absolute Gasteiger partial charge is 0.425 e. The lowest BCUT2D eigenvalue weighted by atomic mass is 10.0. The fourth-order valence-electron chi connectivity index (χ4n) is 3.52. The van der Waals surface area contributed by atoms with Gasteiger partial charge in [0.05, 0.1) is 6.04 Å². The number of allylic oxidation sites excluding steroid dienone is 1. The van der Waals surface area contributed by atoms with Gasteiger partial charge < -0.3 is 4.42 Å². The van der Waals surface area contributed by atoms with Gasteiger partial charge in [-0.3, -0.25) is 0 Å². The van der Waals surface area contributed by atoms with Crippen LogP contribution in [0.15, 0.2) is 65.1 Å². The van der Waals surface area contributed by atoms with Crippen molar-refractivity contribution < 1.29 is 4.42 Å². The molecule has 0 amide bonds. The first-order valence-electron chi connectivity index (χ1n) is 11.6. The van der Waals surface area contributed by atoms with E-state index in [-0.39, 0.29) is 12.0 Å². The quantitative estimate of drug-likeness (QED) is 0.269. The second-order valence-corrected chi connectivity index (χ2v) is 8.79. The summed E-state index contributed by atoms with van der Waals surface area (Å²) in [5.74, 6) is 1.69. The van der Waals surface area contributed by atoms with E-state index in [4.69, 9.17) is 14.6 Å². The minimum atomic E-state index is 0.194. The van der Waals surface area contributed by atoms with Crippen molar-refractivity contribution in [1.29, 1.82) is 0 Å². The maximum absolute atomic E-state index is 5.68. The first-order valence-corrected chi connectivity index (χ1v) is 11.6. The van der Waals surface area contributed by atoms with Gasteiger partial charge in [0, 0.05) is 23.5 Å². The van der Waals surface area contributed by atoms with Crippen LogP contribution in [0.3, 0.4) is 0 Å². The van der Waals surface area contributed by atoms with Crippen LogP contribution in [0.5, 0.6) is 0 Å². The number of nitrogens with zero attached hydrogens (tertiary/aromatic N) is 5. The summed E-state index contributed by atoms with van der Waals surface area (Å²) in [4.78, 5) is 1.79. The third-order valence-corrected chi connectivity index (χ3v) is 5.35. The number of benzene rings is 2. The van der Waals surface area contributed by atoms with E-state index >= 15 is 0 Å². The molecule has 0 aliphatic carbocycles. The van der Waals surface area contributed by atoms with Gasteiger partial charge in [-0.2, -0.15) is 15.0 Å². The predicted octanol–water partition coefficient (Wildman–Crippen LogP) is 6.74. The summed E-state index contributed by atoms with van der Waals surface area (Å²) in [6, 6.07) is 18.9. The average Bonchev–Trinajstić information content (AvgIpc) is 3.48. The van der Waals surface area contributed by atoms with E-state index < -0.39 is 0 Å². The van der Waals surface area contributed by atoms with E-state index in [1.807, 2.05) is 18.2 Å².